The van der Waals surface area contributed by atoms with Crippen molar-refractivity contribution >= 4 is 0 Å². The number of aliphatic hydroxyl groups is 1. The van der Waals surface area contributed by atoms with Gasteiger partial charge in [0, 0.05) is 18.4 Å². The lowest BCUT2D eigenvalue weighted by Gasteiger charge is -2.21. The van der Waals surface area contributed by atoms with Crippen molar-refractivity contribution in [3.63, 3.8) is 0 Å². The molecule has 17 heavy (non-hydrogen) atoms. The molecule has 96 valence electrons. The monoisotopic (exact) mass is 239 g/mol. The summed E-state index contributed by atoms with van der Waals surface area (Å²) in [6.07, 6.45) is 3.19. The van der Waals surface area contributed by atoms with E-state index in [1.807, 2.05) is 26.8 Å². The molecule has 1 aromatic heterocycles. The zero-order chi connectivity index (χ0) is 12.7. The first kappa shape index (κ1) is 13.9. The molecule has 0 amide bonds. The lowest BCUT2D eigenvalue weighted by atomic mass is 10.0. The number of aliphatic hydroxyl groups excluding tert-OH is 1. The smallest absolute Gasteiger partial charge is 0.137 e. The fraction of sp³-hybridized carbons (Fsp3) is 0.615. The minimum Gasteiger partial charge on any atom is -0.492 e. The maximum absolute atomic E-state index is 10.2. The van der Waals surface area contributed by atoms with Gasteiger partial charge < -0.3 is 14.6 Å². The van der Waals surface area contributed by atoms with Gasteiger partial charge >= 0.3 is 0 Å². The average Bonchev–Trinajstić information content (AvgIpc) is 2.36. The van der Waals surface area contributed by atoms with Crippen LogP contribution in [0.4, 0.5) is 0 Å². The van der Waals surface area contributed by atoms with E-state index >= 15 is 0 Å². The fourth-order valence-electron chi connectivity index (χ4n) is 1.70. The minimum absolute atomic E-state index is 0.196. The van der Waals surface area contributed by atoms with Gasteiger partial charge in [0.15, 0.2) is 0 Å². The van der Waals surface area contributed by atoms with Crippen molar-refractivity contribution in [2.45, 2.75) is 39.4 Å². The largest absolute Gasteiger partial charge is 0.492 e. The Bertz CT molecular complexity index is 330. The van der Waals surface area contributed by atoms with Gasteiger partial charge in [0.2, 0.25) is 0 Å². The molecule has 1 heterocycles. The van der Waals surface area contributed by atoms with Crippen LogP contribution in [0.1, 0.15) is 38.9 Å². The van der Waals surface area contributed by atoms with Gasteiger partial charge in [-0.1, -0.05) is 6.92 Å². The van der Waals surface area contributed by atoms with E-state index in [-0.39, 0.29) is 6.10 Å². The summed E-state index contributed by atoms with van der Waals surface area (Å²) in [4.78, 5) is 4.06. The summed E-state index contributed by atoms with van der Waals surface area (Å²) in [6, 6.07) is 1.81. The first-order valence-corrected chi connectivity index (χ1v) is 6.10. The zero-order valence-corrected chi connectivity index (χ0v) is 10.7. The van der Waals surface area contributed by atoms with E-state index < -0.39 is 6.10 Å². The van der Waals surface area contributed by atoms with Crippen molar-refractivity contribution in [2.75, 3.05) is 13.2 Å². The van der Waals surface area contributed by atoms with E-state index in [0.29, 0.717) is 19.0 Å². The molecule has 0 radical (unpaired) electrons. The number of ether oxygens (including phenoxy) is 2. The van der Waals surface area contributed by atoms with E-state index in [2.05, 4.69) is 4.98 Å². The summed E-state index contributed by atoms with van der Waals surface area (Å²) in [7, 11) is 0. The van der Waals surface area contributed by atoms with Gasteiger partial charge in [-0.05, 0) is 26.3 Å². The summed E-state index contributed by atoms with van der Waals surface area (Å²) in [6.45, 7) is 7.00. The van der Waals surface area contributed by atoms with Crippen molar-refractivity contribution in [3.8, 4) is 5.75 Å². The van der Waals surface area contributed by atoms with Crippen LogP contribution in [0.3, 0.4) is 0 Å². The van der Waals surface area contributed by atoms with Gasteiger partial charge in [0.1, 0.15) is 11.9 Å². The second-order valence-electron chi connectivity index (χ2n) is 3.73. The number of rotatable bonds is 7. The molecule has 0 aliphatic rings. The molecular weight excluding hydrogens is 218 g/mol. The maximum atomic E-state index is 10.2. The third kappa shape index (κ3) is 3.98. The average molecular weight is 239 g/mol. The standard InChI is InChI=1S/C13H21NO3/c1-4-12(17-6-3)13(15)10-7-11(16-5-2)9-14-8-10/h7-9,12-13,15H,4-6H2,1-3H3. The topological polar surface area (TPSA) is 51.6 Å². The van der Waals surface area contributed by atoms with Gasteiger partial charge in [-0.15, -0.1) is 0 Å². The van der Waals surface area contributed by atoms with Crippen LogP contribution in [0.25, 0.3) is 0 Å². The van der Waals surface area contributed by atoms with Crippen molar-refractivity contribution in [1.29, 1.82) is 0 Å². The molecule has 4 nitrogen and oxygen atoms in total. The normalized spacial score (nSPS) is 14.4. The van der Waals surface area contributed by atoms with E-state index in [0.717, 1.165) is 12.0 Å². The van der Waals surface area contributed by atoms with Gasteiger partial charge in [0.05, 0.1) is 18.9 Å². The van der Waals surface area contributed by atoms with Gasteiger partial charge in [-0.25, -0.2) is 0 Å². The molecule has 0 saturated heterocycles. The second-order valence-corrected chi connectivity index (χ2v) is 3.73. The molecular formula is C13H21NO3. The molecule has 0 saturated carbocycles. The molecule has 1 N–H and O–H groups in total. The third-order valence-electron chi connectivity index (χ3n) is 2.52. The molecule has 1 aromatic rings. The Balaban J connectivity index is 2.79. The highest BCUT2D eigenvalue weighted by atomic mass is 16.5. The van der Waals surface area contributed by atoms with E-state index in [9.17, 15) is 5.11 Å². The Hall–Kier alpha value is -1.13. The molecule has 2 unspecified atom stereocenters. The SMILES string of the molecule is CCOc1cncc(C(O)C(CC)OCC)c1. The highest BCUT2D eigenvalue weighted by Gasteiger charge is 2.20. The maximum Gasteiger partial charge on any atom is 0.137 e. The minimum atomic E-state index is -0.659. The second kappa shape index (κ2) is 7.25. The quantitative estimate of drug-likeness (QED) is 0.793. The molecule has 0 spiro atoms. The van der Waals surface area contributed by atoms with E-state index in [1.165, 1.54) is 0 Å². The Morgan fingerprint density at radius 3 is 2.59 bits per heavy atom. The summed E-state index contributed by atoms with van der Waals surface area (Å²) < 4.78 is 10.8. The number of nitrogens with zero attached hydrogens (tertiary/aromatic N) is 1. The van der Waals surface area contributed by atoms with Gasteiger partial charge in [-0.2, -0.15) is 0 Å². The first-order chi connectivity index (χ1) is 8.22. The fourth-order valence-corrected chi connectivity index (χ4v) is 1.70. The van der Waals surface area contributed by atoms with Crippen LogP contribution >= 0.6 is 0 Å². The Kier molecular flexibility index (Phi) is 5.94. The molecule has 0 bridgehead atoms. The van der Waals surface area contributed by atoms with E-state index in [4.69, 9.17) is 9.47 Å². The summed E-state index contributed by atoms with van der Waals surface area (Å²) >= 11 is 0. The first-order valence-electron chi connectivity index (χ1n) is 6.10. The molecule has 0 fully saturated rings. The van der Waals surface area contributed by atoms with Crippen LogP contribution in [0.15, 0.2) is 18.5 Å². The van der Waals surface area contributed by atoms with Crippen molar-refractivity contribution in [3.05, 3.63) is 24.0 Å². The van der Waals surface area contributed by atoms with Crippen molar-refractivity contribution in [1.82, 2.24) is 4.98 Å². The van der Waals surface area contributed by atoms with Crippen molar-refractivity contribution < 1.29 is 14.6 Å². The highest BCUT2D eigenvalue weighted by molar-refractivity contribution is 5.25. The Labute approximate surface area is 103 Å². The summed E-state index contributed by atoms with van der Waals surface area (Å²) in [5.74, 6) is 0.676. The predicted molar refractivity (Wildman–Crippen MR) is 66.1 cm³/mol. The zero-order valence-electron chi connectivity index (χ0n) is 10.7. The Morgan fingerprint density at radius 1 is 1.24 bits per heavy atom. The van der Waals surface area contributed by atoms with Crippen LogP contribution in [0.2, 0.25) is 0 Å². The molecule has 1 rings (SSSR count). The summed E-state index contributed by atoms with van der Waals surface area (Å²) in [5.41, 5.74) is 0.733. The van der Waals surface area contributed by atoms with Gasteiger partial charge in [0.25, 0.3) is 0 Å². The highest BCUT2D eigenvalue weighted by Crippen LogP contribution is 2.23. The van der Waals surface area contributed by atoms with Crippen LogP contribution < -0.4 is 4.74 Å². The third-order valence-corrected chi connectivity index (χ3v) is 2.52. The molecule has 4 heteroatoms. The molecule has 0 aromatic carbocycles. The number of aromatic nitrogens is 1. The Morgan fingerprint density at radius 2 is 2.00 bits per heavy atom. The van der Waals surface area contributed by atoms with Crippen LogP contribution in [-0.2, 0) is 4.74 Å². The van der Waals surface area contributed by atoms with Crippen LogP contribution in [-0.4, -0.2) is 29.4 Å². The van der Waals surface area contributed by atoms with Crippen LogP contribution in [0.5, 0.6) is 5.75 Å². The molecule has 2 atom stereocenters. The number of hydrogen-bond acceptors (Lipinski definition) is 4. The molecule has 0 aliphatic carbocycles. The van der Waals surface area contributed by atoms with E-state index in [1.54, 1.807) is 12.4 Å². The van der Waals surface area contributed by atoms with Gasteiger partial charge in [-0.3, -0.25) is 4.98 Å². The molecule has 0 aliphatic heterocycles. The number of pyridine rings is 1. The summed E-state index contributed by atoms with van der Waals surface area (Å²) in [5, 5.41) is 10.2. The number of hydrogen-bond donors (Lipinski definition) is 1. The van der Waals surface area contributed by atoms with Crippen LogP contribution in [0, 0.1) is 0 Å². The lowest BCUT2D eigenvalue weighted by molar-refractivity contribution is -0.0357. The predicted octanol–water partition coefficient (Wildman–Crippen LogP) is 2.33. The van der Waals surface area contributed by atoms with Crippen molar-refractivity contribution in [2.24, 2.45) is 0 Å². The lowest BCUT2D eigenvalue weighted by Crippen LogP contribution is -2.21.